The van der Waals surface area contributed by atoms with Gasteiger partial charge in [0, 0.05) is 23.8 Å². The summed E-state index contributed by atoms with van der Waals surface area (Å²) in [6.45, 7) is 9.80. The van der Waals surface area contributed by atoms with E-state index in [9.17, 15) is 4.79 Å². The molecule has 2 rings (SSSR count). The lowest BCUT2D eigenvalue weighted by atomic mass is 10.2. The molecule has 1 amide bonds. The predicted octanol–water partition coefficient (Wildman–Crippen LogP) is 4.22. The summed E-state index contributed by atoms with van der Waals surface area (Å²) in [6.07, 6.45) is 0. The van der Waals surface area contributed by atoms with Crippen LogP contribution in [0.25, 0.3) is 0 Å². The normalized spacial score (nSPS) is 11.1. The average molecular weight is 366 g/mol. The van der Waals surface area contributed by atoms with Gasteiger partial charge in [-0.2, -0.15) is 0 Å². The van der Waals surface area contributed by atoms with Crippen molar-refractivity contribution in [3.8, 4) is 0 Å². The fourth-order valence-corrected chi connectivity index (χ4v) is 3.46. The van der Waals surface area contributed by atoms with Crippen molar-refractivity contribution in [2.24, 2.45) is 5.92 Å². The largest absolute Gasteiger partial charge is 0.351 e. The van der Waals surface area contributed by atoms with Gasteiger partial charge < -0.3 is 9.88 Å². The number of hydrogen-bond acceptors (Lipinski definition) is 3. The number of thioether (sulfide) groups is 1. The van der Waals surface area contributed by atoms with Crippen LogP contribution in [0.1, 0.15) is 30.8 Å². The van der Waals surface area contributed by atoms with Gasteiger partial charge in [0.2, 0.25) is 5.91 Å². The maximum Gasteiger partial charge on any atom is 0.230 e. The van der Waals surface area contributed by atoms with Gasteiger partial charge in [-0.25, -0.2) is 4.98 Å². The smallest absolute Gasteiger partial charge is 0.230 e. The minimum Gasteiger partial charge on any atom is -0.351 e. The van der Waals surface area contributed by atoms with Gasteiger partial charge in [0.25, 0.3) is 0 Å². The van der Waals surface area contributed by atoms with E-state index in [1.165, 1.54) is 17.5 Å². The summed E-state index contributed by atoms with van der Waals surface area (Å²) < 4.78 is 2.20. The van der Waals surface area contributed by atoms with E-state index in [0.29, 0.717) is 23.2 Å². The van der Waals surface area contributed by atoms with Crippen LogP contribution in [0.2, 0.25) is 5.02 Å². The minimum atomic E-state index is -0.0191. The van der Waals surface area contributed by atoms with E-state index in [2.05, 4.69) is 35.6 Å². The highest BCUT2D eigenvalue weighted by Crippen LogP contribution is 2.22. The van der Waals surface area contributed by atoms with Gasteiger partial charge in [0.15, 0.2) is 5.16 Å². The Bertz CT molecular complexity index is 712. The monoisotopic (exact) mass is 365 g/mol. The molecule has 0 saturated heterocycles. The maximum absolute atomic E-state index is 12.1. The zero-order valence-corrected chi connectivity index (χ0v) is 16.2. The van der Waals surface area contributed by atoms with Crippen molar-refractivity contribution in [2.75, 3.05) is 5.75 Å². The van der Waals surface area contributed by atoms with Crippen LogP contribution >= 0.6 is 23.4 Å². The quantitative estimate of drug-likeness (QED) is 0.747. The zero-order chi connectivity index (χ0) is 17.7. The van der Waals surface area contributed by atoms with Crippen LogP contribution in [0.4, 0.5) is 0 Å². The molecule has 0 aliphatic carbocycles. The van der Waals surface area contributed by atoms with E-state index in [1.54, 1.807) is 0 Å². The Morgan fingerprint density at radius 1 is 1.33 bits per heavy atom. The molecule has 130 valence electrons. The molecule has 0 atom stereocenters. The van der Waals surface area contributed by atoms with Crippen LogP contribution in [0.5, 0.6) is 0 Å². The second-order valence-electron chi connectivity index (χ2n) is 6.23. The molecule has 4 nitrogen and oxygen atoms in total. The van der Waals surface area contributed by atoms with Gasteiger partial charge >= 0.3 is 0 Å². The minimum absolute atomic E-state index is 0.0191. The maximum atomic E-state index is 12.1. The number of carbonyl (C=O) groups is 1. The van der Waals surface area contributed by atoms with E-state index in [-0.39, 0.29) is 5.91 Å². The Kier molecular flexibility index (Phi) is 6.75. The number of hydrogen-bond donors (Lipinski definition) is 1. The summed E-state index contributed by atoms with van der Waals surface area (Å²) in [5, 5.41) is 4.49. The lowest BCUT2D eigenvalue weighted by Crippen LogP contribution is -2.25. The average Bonchev–Trinajstić information content (AvgIpc) is 2.79. The molecule has 0 unspecified atom stereocenters. The third-order valence-electron chi connectivity index (χ3n) is 3.74. The predicted molar refractivity (Wildman–Crippen MR) is 101 cm³/mol. The Morgan fingerprint density at radius 2 is 2.04 bits per heavy atom. The molecule has 1 aromatic heterocycles. The number of rotatable bonds is 7. The van der Waals surface area contributed by atoms with Gasteiger partial charge in [-0.1, -0.05) is 55.4 Å². The van der Waals surface area contributed by atoms with Crippen LogP contribution in [-0.4, -0.2) is 21.2 Å². The summed E-state index contributed by atoms with van der Waals surface area (Å²) in [5.74, 6) is 0.860. The Balaban J connectivity index is 1.92. The van der Waals surface area contributed by atoms with Gasteiger partial charge in [-0.3, -0.25) is 4.79 Å². The van der Waals surface area contributed by atoms with Crippen molar-refractivity contribution in [3.05, 3.63) is 46.2 Å². The number of aromatic nitrogens is 2. The third-order valence-corrected chi connectivity index (χ3v) is 5.08. The molecule has 2 aromatic rings. The van der Waals surface area contributed by atoms with Crippen molar-refractivity contribution in [2.45, 2.75) is 45.9 Å². The molecule has 0 bridgehead atoms. The zero-order valence-electron chi connectivity index (χ0n) is 14.6. The lowest BCUT2D eigenvalue weighted by Gasteiger charge is -2.12. The Labute approximate surface area is 153 Å². The molecule has 1 aromatic carbocycles. The van der Waals surface area contributed by atoms with Crippen molar-refractivity contribution < 1.29 is 4.79 Å². The fraction of sp³-hybridized carbons (Fsp3) is 0.444. The molecular weight excluding hydrogens is 342 g/mol. The summed E-state index contributed by atoms with van der Waals surface area (Å²) in [4.78, 5) is 16.7. The summed E-state index contributed by atoms with van der Waals surface area (Å²) >= 11 is 7.58. The molecule has 0 aliphatic rings. The second kappa shape index (κ2) is 8.58. The van der Waals surface area contributed by atoms with E-state index in [0.717, 1.165) is 23.0 Å². The molecule has 24 heavy (non-hydrogen) atoms. The van der Waals surface area contributed by atoms with Crippen LogP contribution in [-0.2, 0) is 17.9 Å². The molecule has 0 radical (unpaired) electrons. The van der Waals surface area contributed by atoms with E-state index in [1.807, 2.05) is 31.2 Å². The van der Waals surface area contributed by atoms with Crippen molar-refractivity contribution >= 4 is 29.3 Å². The number of nitrogens with one attached hydrogen (secondary N) is 1. The first-order valence-electron chi connectivity index (χ1n) is 8.05. The highest BCUT2D eigenvalue weighted by Gasteiger charge is 2.14. The molecule has 0 aliphatic heterocycles. The number of aryl methyl sites for hydroxylation is 1. The van der Waals surface area contributed by atoms with Crippen molar-refractivity contribution in [1.82, 2.24) is 14.9 Å². The number of benzene rings is 1. The fourth-order valence-electron chi connectivity index (χ4n) is 2.33. The van der Waals surface area contributed by atoms with E-state index >= 15 is 0 Å². The van der Waals surface area contributed by atoms with Crippen LogP contribution in [0.3, 0.4) is 0 Å². The topological polar surface area (TPSA) is 46.9 Å². The van der Waals surface area contributed by atoms with Gasteiger partial charge in [-0.05, 0) is 31.4 Å². The highest BCUT2D eigenvalue weighted by molar-refractivity contribution is 7.99. The lowest BCUT2D eigenvalue weighted by molar-refractivity contribution is -0.118. The van der Waals surface area contributed by atoms with Crippen LogP contribution in [0.15, 0.2) is 29.4 Å². The molecule has 6 heteroatoms. The highest BCUT2D eigenvalue weighted by atomic mass is 35.5. The third kappa shape index (κ3) is 5.02. The molecular formula is C18H24ClN3OS. The van der Waals surface area contributed by atoms with Crippen LogP contribution < -0.4 is 5.32 Å². The van der Waals surface area contributed by atoms with Crippen LogP contribution in [0, 0.1) is 19.8 Å². The summed E-state index contributed by atoms with van der Waals surface area (Å²) in [6, 6.07) is 7.53. The number of amides is 1. The van der Waals surface area contributed by atoms with Crippen molar-refractivity contribution in [3.63, 3.8) is 0 Å². The summed E-state index contributed by atoms with van der Waals surface area (Å²) in [7, 11) is 0. The van der Waals surface area contributed by atoms with Gasteiger partial charge in [-0.15, -0.1) is 0 Å². The number of imidazole rings is 1. The number of halogens is 1. The summed E-state index contributed by atoms with van der Waals surface area (Å²) in [5.41, 5.74) is 3.11. The van der Waals surface area contributed by atoms with Gasteiger partial charge in [0.05, 0.1) is 11.4 Å². The second-order valence-corrected chi connectivity index (χ2v) is 7.58. The standard InChI is InChI=1S/C18H24ClN3OS/c1-12(2)10-22-14(4)13(3)21-18(22)24-11-17(23)20-9-15-7-5-6-8-16(15)19/h5-8,12H,9-11H2,1-4H3,(H,20,23). The molecule has 1 heterocycles. The molecule has 0 spiro atoms. The molecule has 0 saturated carbocycles. The number of carbonyl (C=O) groups excluding carboxylic acids is 1. The van der Waals surface area contributed by atoms with E-state index in [4.69, 9.17) is 11.6 Å². The molecule has 1 N–H and O–H groups in total. The van der Waals surface area contributed by atoms with E-state index < -0.39 is 0 Å². The Morgan fingerprint density at radius 3 is 2.71 bits per heavy atom. The van der Waals surface area contributed by atoms with Crippen molar-refractivity contribution in [1.29, 1.82) is 0 Å². The first kappa shape index (κ1) is 18.9. The Hall–Kier alpha value is -1.46. The molecule has 0 fully saturated rings. The first-order valence-corrected chi connectivity index (χ1v) is 9.41. The SMILES string of the molecule is Cc1nc(SCC(=O)NCc2ccccc2Cl)n(CC(C)C)c1C. The van der Waals surface area contributed by atoms with Gasteiger partial charge in [0.1, 0.15) is 0 Å². The first-order chi connectivity index (χ1) is 11.4. The number of nitrogens with zero attached hydrogens (tertiary/aromatic N) is 2.